The van der Waals surface area contributed by atoms with Gasteiger partial charge in [-0.2, -0.15) is 0 Å². The lowest BCUT2D eigenvalue weighted by Gasteiger charge is -2.33. The molecule has 0 radical (unpaired) electrons. The highest BCUT2D eigenvalue weighted by molar-refractivity contribution is 5.71. The summed E-state index contributed by atoms with van der Waals surface area (Å²) < 4.78 is 11.8. The molecule has 2 aliphatic heterocycles. The molecule has 1 aliphatic carbocycles. The molecule has 2 aromatic heterocycles. The molecule has 3 atom stereocenters. The molecular formula is C29H40N4O3. The third-order valence-electron chi connectivity index (χ3n) is 8.02. The maximum Gasteiger partial charge on any atom is 0.320 e. The Kier molecular flexibility index (Phi) is 8.49. The second kappa shape index (κ2) is 12.2. The summed E-state index contributed by atoms with van der Waals surface area (Å²) in [5, 5.41) is 3.66. The summed E-state index contributed by atoms with van der Waals surface area (Å²) in [5.41, 5.74) is 4.83. The van der Waals surface area contributed by atoms with Crippen molar-refractivity contribution in [2.24, 2.45) is 0 Å². The third kappa shape index (κ3) is 5.89. The summed E-state index contributed by atoms with van der Waals surface area (Å²) >= 11 is 0. The molecule has 1 saturated carbocycles. The zero-order valence-electron chi connectivity index (χ0n) is 21.5. The standard InChI is InChI=1S/C29H40N4O3/c1-2-35-27(34)20-33-18-15-26(29(33)23-11-6-17-31-28(23)21-8-5-9-21)36-19-4-3-10-22-13-14-24-25(32-22)12-7-16-30-24/h6-7,11-12,16-17,21-22,26,29,32H,2-5,8-10,13-15,18-20H2,1H3/t22-,26?,29?/m1/s1. The van der Waals surface area contributed by atoms with E-state index >= 15 is 0 Å². The second-order valence-corrected chi connectivity index (χ2v) is 10.4. The first-order chi connectivity index (χ1) is 17.7. The van der Waals surface area contributed by atoms with Crippen LogP contribution >= 0.6 is 0 Å². The average Bonchev–Trinajstić information content (AvgIpc) is 3.25. The monoisotopic (exact) mass is 492 g/mol. The van der Waals surface area contributed by atoms with Gasteiger partial charge in [-0.25, -0.2) is 0 Å². The summed E-state index contributed by atoms with van der Waals surface area (Å²) in [7, 11) is 0. The highest BCUT2D eigenvalue weighted by atomic mass is 16.5. The van der Waals surface area contributed by atoms with E-state index in [1.54, 1.807) is 0 Å². The van der Waals surface area contributed by atoms with E-state index < -0.39 is 0 Å². The van der Waals surface area contributed by atoms with Gasteiger partial charge in [0.25, 0.3) is 0 Å². The van der Waals surface area contributed by atoms with Crippen LogP contribution in [0.3, 0.4) is 0 Å². The van der Waals surface area contributed by atoms with Crippen molar-refractivity contribution in [1.29, 1.82) is 0 Å². The molecule has 0 spiro atoms. The lowest BCUT2D eigenvalue weighted by molar-refractivity contribution is -0.145. The lowest BCUT2D eigenvalue weighted by Crippen LogP contribution is -2.35. The molecule has 7 heteroatoms. The van der Waals surface area contributed by atoms with E-state index in [4.69, 9.17) is 14.5 Å². The number of likely N-dealkylation sites (tertiary alicyclic amines) is 1. The minimum atomic E-state index is -0.158. The maximum absolute atomic E-state index is 12.4. The fourth-order valence-electron chi connectivity index (χ4n) is 5.96. The van der Waals surface area contributed by atoms with Crippen molar-refractivity contribution < 1.29 is 14.3 Å². The van der Waals surface area contributed by atoms with E-state index in [1.165, 1.54) is 41.9 Å². The van der Waals surface area contributed by atoms with Crippen LogP contribution in [-0.4, -0.2) is 59.3 Å². The number of carbonyl (C=O) groups excluding carboxylic acids is 1. The van der Waals surface area contributed by atoms with Gasteiger partial charge in [0.05, 0.1) is 36.7 Å². The molecule has 2 unspecified atom stereocenters. The van der Waals surface area contributed by atoms with E-state index in [-0.39, 0.29) is 18.1 Å². The number of anilines is 1. The van der Waals surface area contributed by atoms with Crippen LogP contribution in [-0.2, 0) is 20.7 Å². The number of hydrogen-bond acceptors (Lipinski definition) is 7. The smallest absolute Gasteiger partial charge is 0.320 e. The number of carbonyl (C=O) groups is 1. The van der Waals surface area contributed by atoms with E-state index in [1.807, 2.05) is 31.5 Å². The van der Waals surface area contributed by atoms with Gasteiger partial charge in [-0.05, 0) is 82.1 Å². The van der Waals surface area contributed by atoms with Crippen LogP contribution in [0.1, 0.15) is 87.2 Å². The van der Waals surface area contributed by atoms with Gasteiger partial charge in [0.15, 0.2) is 0 Å². The van der Waals surface area contributed by atoms with Crippen molar-refractivity contribution in [2.75, 3.05) is 31.6 Å². The Morgan fingerprint density at radius 3 is 2.81 bits per heavy atom. The Labute approximate surface area is 215 Å². The van der Waals surface area contributed by atoms with Crippen molar-refractivity contribution in [1.82, 2.24) is 14.9 Å². The van der Waals surface area contributed by atoms with Gasteiger partial charge in [-0.1, -0.05) is 12.5 Å². The average molecular weight is 493 g/mol. The molecule has 5 rings (SSSR count). The van der Waals surface area contributed by atoms with Crippen LogP contribution in [0.2, 0.25) is 0 Å². The molecule has 194 valence electrons. The van der Waals surface area contributed by atoms with Crippen LogP contribution in [0.5, 0.6) is 0 Å². The molecule has 4 heterocycles. The van der Waals surface area contributed by atoms with E-state index in [0.717, 1.165) is 51.7 Å². The van der Waals surface area contributed by atoms with Crippen molar-refractivity contribution in [3.63, 3.8) is 0 Å². The van der Waals surface area contributed by atoms with E-state index in [0.29, 0.717) is 25.1 Å². The van der Waals surface area contributed by atoms with Crippen molar-refractivity contribution in [3.8, 4) is 0 Å². The quantitative estimate of drug-likeness (QED) is 0.348. The topological polar surface area (TPSA) is 76.6 Å². The lowest BCUT2D eigenvalue weighted by atomic mass is 9.79. The predicted molar refractivity (Wildman–Crippen MR) is 140 cm³/mol. The molecular weight excluding hydrogens is 452 g/mol. The minimum Gasteiger partial charge on any atom is -0.465 e. The number of rotatable bonds is 11. The Morgan fingerprint density at radius 2 is 1.97 bits per heavy atom. The van der Waals surface area contributed by atoms with Gasteiger partial charge in [-0.3, -0.25) is 19.7 Å². The largest absolute Gasteiger partial charge is 0.465 e. The van der Waals surface area contributed by atoms with E-state index in [9.17, 15) is 4.79 Å². The van der Waals surface area contributed by atoms with Crippen molar-refractivity contribution >= 4 is 11.7 Å². The van der Waals surface area contributed by atoms with Crippen LogP contribution in [0.25, 0.3) is 0 Å². The van der Waals surface area contributed by atoms with Gasteiger partial charge in [0.2, 0.25) is 0 Å². The number of nitrogens with one attached hydrogen (secondary N) is 1. The highest BCUT2D eigenvalue weighted by Gasteiger charge is 2.40. The fraction of sp³-hybridized carbons (Fsp3) is 0.621. The predicted octanol–water partition coefficient (Wildman–Crippen LogP) is 5.04. The summed E-state index contributed by atoms with van der Waals surface area (Å²) in [6, 6.07) is 8.94. The van der Waals surface area contributed by atoms with Gasteiger partial charge in [-0.15, -0.1) is 0 Å². The van der Waals surface area contributed by atoms with Crippen molar-refractivity contribution in [2.45, 2.75) is 88.8 Å². The molecule has 3 aliphatic rings. The number of pyridine rings is 2. The first-order valence-corrected chi connectivity index (χ1v) is 13.9. The highest BCUT2D eigenvalue weighted by Crippen LogP contribution is 2.42. The SMILES string of the molecule is CCOC(=O)CN1CCC(OCCCC[C@@H]2CCc3ncccc3N2)C1c1cccnc1C1CCC1. The summed E-state index contributed by atoms with van der Waals surface area (Å²) in [5.74, 6) is 0.379. The molecule has 0 bridgehead atoms. The summed E-state index contributed by atoms with van der Waals surface area (Å²) in [6.07, 6.45) is 14.0. The molecule has 36 heavy (non-hydrogen) atoms. The molecule has 0 aromatic carbocycles. The Hall–Kier alpha value is -2.51. The Balaban J connectivity index is 1.17. The molecule has 0 amide bonds. The minimum absolute atomic E-state index is 0.0581. The van der Waals surface area contributed by atoms with Crippen LogP contribution in [0, 0.1) is 0 Å². The van der Waals surface area contributed by atoms with Crippen molar-refractivity contribution in [3.05, 3.63) is 53.6 Å². The number of nitrogens with zero attached hydrogens (tertiary/aromatic N) is 3. The van der Waals surface area contributed by atoms with Gasteiger partial charge in [0, 0.05) is 43.2 Å². The number of aryl methyl sites for hydroxylation is 1. The number of ether oxygens (including phenoxy) is 2. The van der Waals surface area contributed by atoms with Gasteiger partial charge < -0.3 is 14.8 Å². The fourth-order valence-corrected chi connectivity index (χ4v) is 5.96. The van der Waals surface area contributed by atoms with Crippen LogP contribution in [0.15, 0.2) is 36.7 Å². The third-order valence-corrected chi connectivity index (χ3v) is 8.02. The first-order valence-electron chi connectivity index (χ1n) is 13.9. The van der Waals surface area contributed by atoms with Gasteiger partial charge >= 0.3 is 5.97 Å². The Morgan fingerprint density at radius 1 is 1.11 bits per heavy atom. The van der Waals surface area contributed by atoms with E-state index in [2.05, 4.69) is 27.3 Å². The second-order valence-electron chi connectivity index (χ2n) is 10.4. The molecule has 1 saturated heterocycles. The Bertz CT molecular complexity index is 1010. The van der Waals surface area contributed by atoms with Gasteiger partial charge in [0.1, 0.15) is 0 Å². The number of aromatic nitrogens is 2. The van der Waals surface area contributed by atoms with Crippen LogP contribution in [0.4, 0.5) is 5.69 Å². The maximum atomic E-state index is 12.4. The molecule has 1 N–H and O–H groups in total. The molecule has 2 fully saturated rings. The molecule has 7 nitrogen and oxygen atoms in total. The summed E-state index contributed by atoms with van der Waals surface area (Å²) in [4.78, 5) is 23.9. The molecule has 2 aromatic rings. The number of hydrogen-bond donors (Lipinski definition) is 1. The number of esters is 1. The zero-order valence-corrected chi connectivity index (χ0v) is 21.5. The number of unbranched alkanes of at least 4 members (excludes halogenated alkanes) is 1. The first kappa shape index (κ1) is 25.2. The summed E-state index contributed by atoms with van der Waals surface area (Å²) in [6.45, 7) is 4.17. The normalized spacial score (nSPS) is 24.1. The van der Waals surface area contributed by atoms with Crippen LogP contribution < -0.4 is 5.32 Å². The zero-order chi connectivity index (χ0) is 24.7. The number of fused-ring (bicyclic) bond motifs is 1.